The molecule has 1 saturated heterocycles. The van der Waals surface area contributed by atoms with Gasteiger partial charge in [-0.2, -0.15) is 4.31 Å². The summed E-state index contributed by atoms with van der Waals surface area (Å²) in [6.45, 7) is 0.910. The van der Waals surface area contributed by atoms with E-state index in [1.54, 1.807) is 21.7 Å². The summed E-state index contributed by atoms with van der Waals surface area (Å²) < 4.78 is 40.5. The SMILES string of the molecule is COc1cc(Br)c(S(=O)(=O)N2CCC[C@H](c3nc4ccccc4s3)C2)cc1OC. The molecule has 2 heterocycles. The van der Waals surface area contributed by atoms with Crippen LogP contribution in [0.5, 0.6) is 11.5 Å². The minimum Gasteiger partial charge on any atom is -0.493 e. The van der Waals surface area contributed by atoms with E-state index in [0.717, 1.165) is 28.1 Å². The standard InChI is InChI=1S/C20H21BrN2O4S2/c1-26-16-10-14(21)19(11-17(16)27-2)29(24,25)23-9-5-6-13(12-23)20-22-15-7-3-4-8-18(15)28-20/h3-4,7-8,10-11,13H,5-6,9,12H2,1-2H3/t13-/m0/s1. The van der Waals surface area contributed by atoms with Crippen LogP contribution < -0.4 is 9.47 Å². The number of benzene rings is 2. The van der Waals surface area contributed by atoms with Crippen LogP contribution in [0.4, 0.5) is 0 Å². The van der Waals surface area contributed by atoms with Gasteiger partial charge in [0, 0.05) is 29.5 Å². The van der Waals surface area contributed by atoms with Crippen LogP contribution >= 0.6 is 27.3 Å². The van der Waals surface area contributed by atoms with Crippen LogP contribution in [0.3, 0.4) is 0 Å². The first kappa shape index (κ1) is 20.6. The number of aromatic nitrogens is 1. The van der Waals surface area contributed by atoms with Crippen LogP contribution in [0.2, 0.25) is 0 Å². The molecule has 6 nitrogen and oxygen atoms in total. The summed E-state index contributed by atoms with van der Waals surface area (Å²) in [7, 11) is -0.682. The maximum absolute atomic E-state index is 13.4. The van der Waals surface area contributed by atoms with E-state index in [9.17, 15) is 8.42 Å². The predicted molar refractivity (Wildman–Crippen MR) is 118 cm³/mol. The highest BCUT2D eigenvalue weighted by Gasteiger charge is 2.34. The summed E-state index contributed by atoms with van der Waals surface area (Å²) in [5.74, 6) is 0.952. The number of hydrogen-bond donors (Lipinski definition) is 0. The molecule has 1 aromatic heterocycles. The van der Waals surface area contributed by atoms with Crippen LogP contribution in [0.25, 0.3) is 10.2 Å². The molecule has 1 atom stereocenters. The fraction of sp³-hybridized carbons (Fsp3) is 0.350. The van der Waals surface area contributed by atoms with Crippen molar-refractivity contribution in [2.75, 3.05) is 27.3 Å². The Bertz CT molecular complexity index is 1110. The van der Waals surface area contributed by atoms with Gasteiger partial charge in [0.15, 0.2) is 11.5 Å². The van der Waals surface area contributed by atoms with Gasteiger partial charge in [0.25, 0.3) is 0 Å². The van der Waals surface area contributed by atoms with E-state index in [1.165, 1.54) is 20.3 Å². The molecule has 0 bridgehead atoms. The summed E-state index contributed by atoms with van der Waals surface area (Å²) >= 11 is 5.03. The van der Waals surface area contributed by atoms with Crippen LogP contribution in [-0.4, -0.2) is 45.0 Å². The number of para-hydroxylation sites is 1. The van der Waals surface area contributed by atoms with Crippen LogP contribution in [-0.2, 0) is 10.0 Å². The third kappa shape index (κ3) is 3.88. The third-order valence-corrected chi connectivity index (χ3v) is 9.12. The molecule has 0 amide bonds. The first-order chi connectivity index (χ1) is 13.9. The number of halogens is 1. The fourth-order valence-electron chi connectivity index (χ4n) is 3.60. The number of hydrogen-bond acceptors (Lipinski definition) is 6. The van der Waals surface area contributed by atoms with E-state index in [0.29, 0.717) is 29.1 Å². The average Bonchev–Trinajstić information content (AvgIpc) is 3.17. The first-order valence-corrected chi connectivity index (χ1v) is 12.3. The lowest BCUT2D eigenvalue weighted by Gasteiger charge is -2.31. The molecule has 0 aliphatic carbocycles. The summed E-state index contributed by atoms with van der Waals surface area (Å²) in [5.41, 5.74) is 0.968. The molecule has 0 N–H and O–H groups in total. The second-order valence-corrected chi connectivity index (χ2v) is 10.7. The fourth-order valence-corrected chi connectivity index (χ4v) is 7.21. The normalized spacial score (nSPS) is 18.1. The molecule has 154 valence electrons. The molecule has 2 aromatic carbocycles. The van der Waals surface area contributed by atoms with E-state index in [1.807, 2.05) is 18.2 Å². The summed E-state index contributed by atoms with van der Waals surface area (Å²) in [5, 5.41) is 0.998. The van der Waals surface area contributed by atoms with Gasteiger partial charge in [-0.1, -0.05) is 12.1 Å². The molecular formula is C20H21BrN2O4S2. The van der Waals surface area contributed by atoms with Crippen molar-refractivity contribution < 1.29 is 17.9 Å². The average molecular weight is 497 g/mol. The monoisotopic (exact) mass is 496 g/mol. The second kappa shape index (κ2) is 8.22. The minimum absolute atomic E-state index is 0.0924. The maximum Gasteiger partial charge on any atom is 0.244 e. The first-order valence-electron chi connectivity index (χ1n) is 9.21. The number of fused-ring (bicyclic) bond motifs is 1. The largest absolute Gasteiger partial charge is 0.493 e. The highest BCUT2D eigenvalue weighted by Crippen LogP contribution is 2.39. The molecular weight excluding hydrogens is 476 g/mol. The van der Waals surface area contributed by atoms with Crippen molar-refractivity contribution in [3.05, 3.63) is 45.9 Å². The zero-order valence-electron chi connectivity index (χ0n) is 16.1. The number of piperidine rings is 1. The van der Waals surface area contributed by atoms with Gasteiger partial charge >= 0.3 is 0 Å². The molecule has 1 aliphatic heterocycles. The number of rotatable bonds is 5. The number of ether oxygens (including phenoxy) is 2. The van der Waals surface area contributed by atoms with Gasteiger partial charge in [-0.3, -0.25) is 0 Å². The topological polar surface area (TPSA) is 68.7 Å². The van der Waals surface area contributed by atoms with Gasteiger partial charge in [-0.25, -0.2) is 13.4 Å². The number of nitrogens with zero attached hydrogens (tertiary/aromatic N) is 2. The number of sulfonamides is 1. The van der Waals surface area contributed by atoms with Crippen molar-refractivity contribution in [3.63, 3.8) is 0 Å². The van der Waals surface area contributed by atoms with Crippen molar-refractivity contribution in [3.8, 4) is 11.5 Å². The Balaban J connectivity index is 1.65. The molecule has 4 rings (SSSR count). The van der Waals surface area contributed by atoms with Gasteiger partial charge in [0.05, 0.1) is 29.4 Å². The Labute approximate surface area is 182 Å². The molecule has 0 saturated carbocycles. The second-order valence-electron chi connectivity index (χ2n) is 6.86. The third-order valence-electron chi connectivity index (χ3n) is 5.10. The lowest BCUT2D eigenvalue weighted by atomic mass is 10.0. The van der Waals surface area contributed by atoms with Gasteiger partial charge in [0.1, 0.15) is 4.90 Å². The van der Waals surface area contributed by atoms with E-state index < -0.39 is 10.0 Å². The minimum atomic E-state index is -3.69. The summed E-state index contributed by atoms with van der Waals surface area (Å²) in [6.07, 6.45) is 1.73. The number of methoxy groups -OCH3 is 2. The van der Waals surface area contributed by atoms with E-state index in [-0.39, 0.29) is 10.8 Å². The van der Waals surface area contributed by atoms with E-state index in [2.05, 4.69) is 22.0 Å². The zero-order valence-corrected chi connectivity index (χ0v) is 19.3. The predicted octanol–water partition coefficient (Wildman–Crippen LogP) is 4.64. The lowest BCUT2D eigenvalue weighted by Crippen LogP contribution is -2.39. The number of thiazole rings is 1. The molecule has 0 unspecified atom stereocenters. The molecule has 3 aromatic rings. The van der Waals surface area contributed by atoms with Gasteiger partial charge in [-0.15, -0.1) is 11.3 Å². The molecule has 29 heavy (non-hydrogen) atoms. The highest BCUT2D eigenvalue weighted by molar-refractivity contribution is 9.10. The van der Waals surface area contributed by atoms with E-state index >= 15 is 0 Å². The van der Waals surface area contributed by atoms with Crippen molar-refractivity contribution in [2.24, 2.45) is 0 Å². The Morgan fingerprint density at radius 1 is 1.17 bits per heavy atom. The Morgan fingerprint density at radius 2 is 1.90 bits per heavy atom. The smallest absolute Gasteiger partial charge is 0.244 e. The molecule has 9 heteroatoms. The van der Waals surface area contributed by atoms with Gasteiger partial charge < -0.3 is 9.47 Å². The summed E-state index contributed by atoms with van der Waals surface area (Å²) in [6, 6.07) is 11.1. The van der Waals surface area contributed by atoms with Crippen molar-refractivity contribution >= 4 is 47.5 Å². The Morgan fingerprint density at radius 3 is 2.62 bits per heavy atom. The molecule has 0 spiro atoms. The van der Waals surface area contributed by atoms with Crippen molar-refractivity contribution in [1.82, 2.24) is 9.29 Å². The maximum atomic E-state index is 13.4. The molecule has 1 aliphatic rings. The van der Waals surface area contributed by atoms with Crippen molar-refractivity contribution in [1.29, 1.82) is 0 Å². The van der Waals surface area contributed by atoms with Gasteiger partial charge in [0.2, 0.25) is 10.0 Å². The van der Waals surface area contributed by atoms with Crippen LogP contribution in [0.15, 0.2) is 45.8 Å². The Kier molecular flexibility index (Phi) is 5.83. The molecule has 1 fully saturated rings. The summed E-state index contributed by atoms with van der Waals surface area (Å²) in [4.78, 5) is 4.93. The lowest BCUT2D eigenvalue weighted by molar-refractivity contribution is 0.314. The van der Waals surface area contributed by atoms with Crippen LogP contribution in [0, 0.1) is 0 Å². The zero-order chi connectivity index (χ0) is 20.6. The van der Waals surface area contributed by atoms with Crippen molar-refractivity contribution in [2.45, 2.75) is 23.7 Å². The molecule has 0 radical (unpaired) electrons. The van der Waals surface area contributed by atoms with Gasteiger partial charge in [-0.05, 0) is 47.0 Å². The quantitative estimate of drug-likeness (QED) is 0.514. The van der Waals surface area contributed by atoms with E-state index in [4.69, 9.17) is 14.5 Å². The highest BCUT2D eigenvalue weighted by atomic mass is 79.9. The van der Waals surface area contributed by atoms with Crippen LogP contribution in [0.1, 0.15) is 23.8 Å². The Hall–Kier alpha value is -1.68.